The Balaban J connectivity index is 1.45. The third-order valence-electron chi connectivity index (χ3n) is 6.00. The maximum Gasteiger partial charge on any atom is 0.513 e. The van der Waals surface area contributed by atoms with Gasteiger partial charge in [0.25, 0.3) is 0 Å². The molecule has 0 radical (unpaired) electrons. The quantitative estimate of drug-likeness (QED) is 0.117. The van der Waals surface area contributed by atoms with Crippen molar-refractivity contribution < 1.29 is 23.4 Å². The van der Waals surface area contributed by atoms with E-state index >= 15 is 0 Å². The number of benzene rings is 2. The van der Waals surface area contributed by atoms with Crippen molar-refractivity contribution in [1.82, 2.24) is 9.97 Å². The molecule has 0 saturated heterocycles. The minimum Gasteiger partial charge on any atom is -0.490 e. The first-order valence-corrected chi connectivity index (χ1v) is 13.2. The molecule has 0 aliphatic heterocycles. The van der Waals surface area contributed by atoms with Crippen molar-refractivity contribution in [2.45, 2.75) is 71.4 Å². The average molecular weight is 509 g/mol. The molecule has 0 spiro atoms. The zero-order valence-electron chi connectivity index (χ0n) is 21.8. The fourth-order valence-electron chi connectivity index (χ4n) is 3.72. The number of rotatable bonds is 15. The molecule has 3 rings (SSSR count). The van der Waals surface area contributed by atoms with E-state index in [1.165, 1.54) is 38.5 Å². The first kappa shape index (κ1) is 28.1. The summed E-state index contributed by atoms with van der Waals surface area (Å²) in [5, 5.41) is 0. The van der Waals surface area contributed by atoms with Crippen LogP contribution < -0.4 is 9.47 Å². The Bertz CT molecular complexity index is 1060. The fraction of sp³-hybridized carbons (Fsp3) is 0.433. The van der Waals surface area contributed by atoms with Crippen LogP contribution in [-0.4, -0.2) is 35.5 Å². The predicted molar refractivity (Wildman–Crippen MR) is 144 cm³/mol. The second-order valence-electron chi connectivity index (χ2n) is 8.98. The van der Waals surface area contributed by atoms with Crippen LogP contribution in [0.25, 0.3) is 22.5 Å². The van der Waals surface area contributed by atoms with Gasteiger partial charge in [0, 0.05) is 5.56 Å². The number of hydrogen-bond donors (Lipinski definition) is 0. The molecule has 0 fully saturated rings. The van der Waals surface area contributed by atoms with Crippen molar-refractivity contribution in [1.29, 1.82) is 0 Å². The van der Waals surface area contributed by atoms with Gasteiger partial charge >= 0.3 is 6.16 Å². The lowest BCUT2D eigenvalue weighted by atomic mass is 10.0. The maximum atomic E-state index is 13.2. The van der Waals surface area contributed by atoms with E-state index < -0.39 is 12.3 Å². The highest BCUT2D eigenvalue weighted by Gasteiger charge is 2.11. The van der Waals surface area contributed by atoms with Crippen LogP contribution in [-0.2, 0) is 4.74 Å². The lowest BCUT2D eigenvalue weighted by molar-refractivity contribution is 0.0732. The summed E-state index contributed by atoms with van der Waals surface area (Å²) in [5.41, 5.74) is 2.86. The molecule has 0 bridgehead atoms. The van der Waals surface area contributed by atoms with Gasteiger partial charge in [-0.25, -0.2) is 19.2 Å². The lowest BCUT2D eigenvalue weighted by Crippen LogP contribution is -2.17. The Labute approximate surface area is 219 Å². The summed E-state index contributed by atoms with van der Waals surface area (Å²) in [7, 11) is 0. The Hall–Kier alpha value is -3.48. The Morgan fingerprint density at radius 1 is 0.784 bits per heavy atom. The van der Waals surface area contributed by atoms with E-state index in [1.54, 1.807) is 31.5 Å². The molecule has 1 aromatic heterocycles. The molecule has 0 aliphatic carbocycles. The number of aromatic nitrogens is 2. The smallest absolute Gasteiger partial charge is 0.490 e. The largest absolute Gasteiger partial charge is 0.513 e. The molecular weight excluding hydrogens is 471 g/mol. The number of unbranched alkanes of at least 4 members (excludes halogenated alkanes) is 6. The van der Waals surface area contributed by atoms with E-state index in [-0.39, 0.29) is 13.0 Å². The van der Waals surface area contributed by atoms with E-state index in [0.717, 1.165) is 23.1 Å². The highest BCUT2D eigenvalue weighted by molar-refractivity contribution is 5.69. The molecular formula is C30H37FN2O4. The minimum absolute atomic E-state index is 0.284. The standard InChI is InChI=1S/C30H37FN2O4/c1-3-5-6-7-8-9-10-19-35-28-20-32-29(33-21-28)25-13-11-23(12-14-25)24-15-17-27(18-16-24)37-30(34)36-22-26(31)4-2/h11-18,20-21,26H,3-10,19,22H2,1-2H3/t26-/m0/s1. The summed E-state index contributed by atoms with van der Waals surface area (Å²) in [6, 6.07) is 14.9. The zero-order chi connectivity index (χ0) is 26.3. The molecule has 0 amide bonds. The van der Waals surface area contributed by atoms with Gasteiger partial charge in [0.05, 0.1) is 19.0 Å². The predicted octanol–water partition coefficient (Wildman–Crippen LogP) is 8.20. The monoisotopic (exact) mass is 508 g/mol. The van der Waals surface area contributed by atoms with Gasteiger partial charge in [-0.3, -0.25) is 0 Å². The molecule has 1 heterocycles. The molecule has 0 aliphatic rings. The van der Waals surface area contributed by atoms with E-state index in [9.17, 15) is 9.18 Å². The first-order chi connectivity index (χ1) is 18.1. The van der Waals surface area contributed by atoms with Crippen LogP contribution in [0.3, 0.4) is 0 Å². The van der Waals surface area contributed by atoms with Crippen molar-refractivity contribution in [3.63, 3.8) is 0 Å². The van der Waals surface area contributed by atoms with Gasteiger partial charge in [0.1, 0.15) is 18.5 Å². The van der Waals surface area contributed by atoms with Crippen molar-refractivity contribution in [2.24, 2.45) is 0 Å². The Kier molecular flexibility index (Phi) is 11.8. The number of alkyl halides is 1. The van der Waals surface area contributed by atoms with E-state index in [0.29, 0.717) is 23.9 Å². The summed E-state index contributed by atoms with van der Waals surface area (Å²) >= 11 is 0. The number of nitrogens with zero attached hydrogens (tertiary/aromatic N) is 2. The van der Waals surface area contributed by atoms with E-state index in [1.807, 2.05) is 36.4 Å². The summed E-state index contributed by atoms with van der Waals surface area (Å²) < 4.78 is 28.8. The topological polar surface area (TPSA) is 70.5 Å². The van der Waals surface area contributed by atoms with Gasteiger partial charge in [-0.2, -0.15) is 0 Å². The molecule has 6 nitrogen and oxygen atoms in total. The average Bonchev–Trinajstić information content (AvgIpc) is 2.94. The van der Waals surface area contributed by atoms with Gasteiger partial charge < -0.3 is 14.2 Å². The summed E-state index contributed by atoms with van der Waals surface area (Å²) in [4.78, 5) is 20.6. The highest BCUT2D eigenvalue weighted by atomic mass is 19.1. The van der Waals surface area contributed by atoms with Crippen LogP contribution in [0.15, 0.2) is 60.9 Å². The molecule has 198 valence electrons. The maximum absolute atomic E-state index is 13.2. The van der Waals surface area contributed by atoms with Crippen molar-refractivity contribution in [2.75, 3.05) is 13.2 Å². The first-order valence-electron chi connectivity index (χ1n) is 13.2. The summed E-state index contributed by atoms with van der Waals surface area (Å²) in [6.07, 6.45) is 10.4. The van der Waals surface area contributed by atoms with Crippen LogP contribution >= 0.6 is 0 Å². The van der Waals surface area contributed by atoms with Gasteiger partial charge in [-0.15, -0.1) is 0 Å². The molecule has 7 heteroatoms. The van der Waals surface area contributed by atoms with Gasteiger partial charge in [-0.05, 0) is 36.1 Å². The van der Waals surface area contributed by atoms with Crippen LogP contribution in [0.5, 0.6) is 11.5 Å². The molecule has 37 heavy (non-hydrogen) atoms. The second-order valence-corrected chi connectivity index (χ2v) is 8.98. The minimum atomic E-state index is -1.19. The van der Waals surface area contributed by atoms with E-state index in [2.05, 4.69) is 16.9 Å². The van der Waals surface area contributed by atoms with Crippen LogP contribution in [0.4, 0.5) is 9.18 Å². The molecule has 3 aromatic rings. The fourth-order valence-corrected chi connectivity index (χ4v) is 3.72. The van der Waals surface area contributed by atoms with Gasteiger partial charge in [0.2, 0.25) is 0 Å². The number of carbonyl (C=O) groups excluding carboxylic acids is 1. The molecule has 1 atom stereocenters. The Morgan fingerprint density at radius 2 is 1.35 bits per heavy atom. The third-order valence-corrected chi connectivity index (χ3v) is 6.00. The van der Waals surface area contributed by atoms with Crippen molar-refractivity contribution in [3.05, 3.63) is 60.9 Å². The van der Waals surface area contributed by atoms with Crippen molar-refractivity contribution in [3.8, 4) is 34.0 Å². The molecule has 2 aromatic carbocycles. The normalized spacial score (nSPS) is 11.6. The van der Waals surface area contributed by atoms with E-state index in [4.69, 9.17) is 14.2 Å². The van der Waals surface area contributed by atoms with Gasteiger partial charge in [-0.1, -0.05) is 88.8 Å². The summed E-state index contributed by atoms with van der Waals surface area (Å²) in [6.45, 7) is 4.30. The van der Waals surface area contributed by atoms with Crippen LogP contribution in [0.2, 0.25) is 0 Å². The number of ether oxygens (including phenoxy) is 3. The second kappa shape index (κ2) is 15.6. The number of carbonyl (C=O) groups is 1. The molecule has 0 unspecified atom stereocenters. The zero-order valence-corrected chi connectivity index (χ0v) is 21.8. The molecule has 0 N–H and O–H groups in total. The Morgan fingerprint density at radius 3 is 1.97 bits per heavy atom. The van der Waals surface area contributed by atoms with Crippen LogP contribution in [0.1, 0.15) is 65.2 Å². The highest BCUT2D eigenvalue weighted by Crippen LogP contribution is 2.25. The molecule has 0 saturated carbocycles. The number of hydrogen-bond acceptors (Lipinski definition) is 6. The summed E-state index contributed by atoms with van der Waals surface area (Å²) in [5.74, 6) is 1.66. The third kappa shape index (κ3) is 9.83. The SMILES string of the molecule is CCCCCCCCCOc1cnc(-c2ccc(-c3ccc(OC(=O)OC[C@@H](F)CC)cc3)cc2)nc1. The van der Waals surface area contributed by atoms with Crippen molar-refractivity contribution >= 4 is 6.16 Å². The number of halogens is 1. The lowest BCUT2D eigenvalue weighted by Gasteiger charge is -2.09. The van der Waals surface area contributed by atoms with Crippen LogP contribution in [0, 0.1) is 0 Å². The van der Waals surface area contributed by atoms with Gasteiger partial charge in [0.15, 0.2) is 11.6 Å².